The Hall–Kier alpha value is -1.21. The Morgan fingerprint density at radius 3 is 2.76 bits per heavy atom. The normalized spacial score (nSPS) is 16.1. The van der Waals surface area contributed by atoms with Gasteiger partial charge in [-0.2, -0.15) is 5.26 Å². The highest BCUT2D eigenvalue weighted by Gasteiger charge is 2.44. The van der Waals surface area contributed by atoms with E-state index in [0.717, 1.165) is 35.3 Å². The van der Waals surface area contributed by atoms with E-state index in [9.17, 15) is 0 Å². The number of nitrogens with zero attached hydrogens (tertiary/aromatic N) is 2. The summed E-state index contributed by atoms with van der Waals surface area (Å²) in [5.74, 6) is 0.837. The molecule has 0 unspecified atom stereocenters. The van der Waals surface area contributed by atoms with E-state index in [-0.39, 0.29) is 5.41 Å². The zero-order valence-electron chi connectivity index (χ0n) is 10.0. The summed E-state index contributed by atoms with van der Waals surface area (Å²) in [6, 6.07) is 8.32. The molecule has 0 amide bonds. The van der Waals surface area contributed by atoms with Crippen LogP contribution in [0.25, 0.3) is 0 Å². The lowest BCUT2D eigenvalue weighted by atomic mass is 10.1. The van der Waals surface area contributed by atoms with Crippen molar-refractivity contribution < 1.29 is 4.74 Å². The highest BCUT2D eigenvalue weighted by Crippen LogP contribution is 2.46. The molecule has 3 nitrogen and oxygen atoms in total. The molecule has 0 aliphatic heterocycles. The number of ether oxygens (including phenoxy) is 1. The summed E-state index contributed by atoms with van der Waals surface area (Å²) >= 11 is 3.46. The largest absolute Gasteiger partial charge is 0.495 e. The van der Waals surface area contributed by atoms with Crippen molar-refractivity contribution >= 4 is 21.6 Å². The number of hydrogen-bond acceptors (Lipinski definition) is 3. The summed E-state index contributed by atoms with van der Waals surface area (Å²) in [7, 11) is 3.67. The number of halogens is 1. The maximum atomic E-state index is 9.12. The van der Waals surface area contributed by atoms with Gasteiger partial charge < -0.3 is 9.64 Å². The predicted molar refractivity (Wildman–Crippen MR) is 71.2 cm³/mol. The lowest BCUT2D eigenvalue weighted by molar-refractivity contribution is 0.414. The third-order valence-corrected chi connectivity index (χ3v) is 3.68. The molecule has 1 aromatic rings. The molecule has 1 aromatic carbocycles. The Morgan fingerprint density at radius 1 is 1.53 bits per heavy atom. The third-order valence-electron chi connectivity index (χ3n) is 3.18. The van der Waals surface area contributed by atoms with Gasteiger partial charge in [0.2, 0.25) is 0 Å². The number of hydrogen-bond donors (Lipinski definition) is 0. The van der Waals surface area contributed by atoms with Crippen LogP contribution in [0.2, 0.25) is 0 Å². The van der Waals surface area contributed by atoms with E-state index in [2.05, 4.69) is 26.9 Å². The average molecular weight is 295 g/mol. The van der Waals surface area contributed by atoms with Gasteiger partial charge in [0.25, 0.3) is 0 Å². The molecule has 0 saturated heterocycles. The fourth-order valence-electron chi connectivity index (χ4n) is 1.96. The summed E-state index contributed by atoms with van der Waals surface area (Å²) in [5, 5.41) is 9.12. The molecule has 0 N–H and O–H groups in total. The van der Waals surface area contributed by atoms with Gasteiger partial charge in [-0.25, -0.2) is 0 Å². The fourth-order valence-corrected chi connectivity index (χ4v) is 2.31. The second kappa shape index (κ2) is 4.58. The van der Waals surface area contributed by atoms with Crippen LogP contribution in [0.5, 0.6) is 5.75 Å². The molecule has 0 heterocycles. The van der Waals surface area contributed by atoms with Crippen LogP contribution < -0.4 is 9.64 Å². The van der Waals surface area contributed by atoms with Gasteiger partial charge in [-0.15, -0.1) is 0 Å². The first-order chi connectivity index (χ1) is 8.10. The van der Waals surface area contributed by atoms with Crippen LogP contribution in [0, 0.1) is 16.7 Å². The fraction of sp³-hybridized carbons (Fsp3) is 0.462. The van der Waals surface area contributed by atoms with E-state index in [1.165, 1.54) is 0 Å². The number of rotatable bonds is 4. The second-order valence-electron chi connectivity index (χ2n) is 4.56. The molecule has 1 aliphatic rings. The van der Waals surface area contributed by atoms with E-state index in [0.29, 0.717) is 0 Å². The zero-order valence-corrected chi connectivity index (χ0v) is 11.6. The van der Waals surface area contributed by atoms with E-state index in [1.807, 2.05) is 25.2 Å². The van der Waals surface area contributed by atoms with Gasteiger partial charge in [0.1, 0.15) is 5.75 Å². The Labute approximate surface area is 110 Å². The lowest BCUT2D eigenvalue weighted by Crippen LogP contribution is -2.26. The van der Waals surface area contributed by atoms with Crippen molar-refractivity contribution in [2.24, 2.45) is 5.41 Å². The number of anilines is 1. The minimum atomic E-state index is -0.137. The van der Waals surface area contributed by atoms with Gasteiger partial charge >= 0.3 is 0 Å². The highest BCUT2D eigenvalue weighted by atomic mass is 79.9. The van der Waals surface area contributed by atoms with Crippen molar-refractivity contribution in [2.75, 3.05) is 25.6 Å². The molecule has 4 heteroatoms. The maximum Gasteiger partial charge on any atom is 0.142 e. The van der Waals surface area contributed by atoms with Crippen molar-refractivity contribution in [1.82, 2.24) is 0 Å². The standard InChI is InChI=1S/C13H15BrN2O/c1-16(9-13(8-15)5-6-13)11-7-10(14)3-4-12(11)17-2/h3-4,7H,5-6,9H2,1-2H3. The molecule has 1 fully saturated rings. The Morgan fingerprint density at radius 2 is 2.24 bits per heavy atom. The van der Waals surface area contributed by atoms with E-state index in [1.54, 1.807) is 7.11 Å². The van der Waals surface area contributed by atoms with Crippen LogP contribution in [0.15, 0.2) is 22.7 Å². The second-order valence-corrected chi connectivity index (χ2v) is 5.48. The minimum Gasteiger partial charge on any atom is -0.495 e. The van der Waals surface area contributed by atoms with Crippen LogP contribution in [0.3, 0.4) is 0 Å². The van der Waals surface area contributed by atoms with Gasteiger partial charge in [-0.05, 0) is 31.0 Å². The first kappa shape index (κ1) is 12.3. The van der Waals surface area contributed by atoms with Crippen LogP contribution >= 0.6 is 15.9 Å². The molecular weight excluding hydrogens is 280 g/mol. The smallest absolute Gasteiger partial charge is 0.142 e. The molecule has 1 saturated carbocycles. The van der Waals surface area contributed by atoms with Crippen molar-refractivity contribution in [1.29, 1.82) is 5.26 Å². The number of nitriles is 1. The van der Waals surface area contributed by atoms with Crippen LogP contribution in [-0.2, 0) is 0 Å². The first-order valence-corrected chi connectivity index (χ1v) is 6.35. The molecule has 0 aromatic heterocycles. The summed E-state index contributed by atoms with van der Waals surface area (Å²) in [4.78, 5) is 2.10. The van der Waals surface area contributed by atoms with Crippen LogP contribution in [0.4, 0.5) is 5.69 Å². The molecule has 0 spiro atoms. The van der Waals surface area contributed by atoms with Gasteiger partial charge in [-0.3, -0.25) is 0 Å². The topological polar surface area (TPSA) is 36.3 Å². The van der Waals surface area contributed by atoms with Gasteiger partial charge in [0, 0.05) is 18.1 Å². The Bertz CT molecular complexity index is 463. The quantitative estimate of drug-likeness (QED) is 0.856. The van der Waals surface area contributed by atoms with E-state index < -0.39 is 0 Å². The Kier molecular flexibility index (Phi) is 3.30. The molecule has 17 heavy (non-hydrogen) atoms. The van der Waals surface area contributed by atoms with Crippen LogP contribution in [-0.4, -0.2) is 20.7 Å². The van der Waals surface area contributed by atoms with E-state index >= 15 is 0 Å². The number of benzene rings is 1. The van der Waals surface area contributed by atoms with Crippen molar-refractivity contribution in [2.45, 2.75) is 12.8 Å². The summed E-state index contributed by atoms with van der Waals surface area (Å²) in [6.45, 7) is 0.760. The van der Waals surface area contributed by atoms with E-state index in [4.69, 9.17) is 10.00 Å². The Balaban J connectivity index is 2.21. The van der Waals surface area contributed by atoms with Crippen molar-refractivity contribution in [3.05, 3.63) is 22.7 Å². The third kappa shape index (κ3) is 2.55. The first-order valence-electron chi connectivity index (χ1n) is 5.56. The molecule has 2 rings (SSSR count). The molecular formula is C13H15BrN2O. The predicted octanol–water partition coefficient (Wildman–Crippen LogP) is 3.20. The highest BCUT2D eigenvalue weighted by molar-refractivity contribution is 9.10. The molecule has 0 bridgehead atoms. The maximum absolute atomic E-state index is 9.12. The summed E-state index contributed by atoms with van der Waals surface area (Å²) in [6.07, 6.45) is 2.01. The lowest BCUT2D eigenvalue weighted by Gasteiger charge is -2.24. The molecule has 1 aliphatic carbocycles. The number of methoxy groups -OCH3 is 1. The summed E-state index contributed by atoms with van der Waals surface area (Å²) < 4.78 is 6.36. The van der Waals surface area contributed by atoms with Gasteiger partial charge in [0.15, 0.2) is 0 Å². The monoisotopic (exact) mass is 294 g/mol. The van der Waals surface area contributed by atoms with Gasteiger partial charge in [0.05, 0.1) is 24.3 Å². The van der Waals surface area contributed by atoms with Gasteiger partial charge in [-0.1, -0.05) is 15.9 Å². The molecule has 0 atom stereocenters. The van der Waals surface area contributed by atoms with Crippen molar-refractivity contribution in [3.8, 4) is 11.8 Å². The summed E-state index contributed by atoms with van der Waals surface area (Å²) in [5.41, 5.74) is 0.880. The molecule has 90 valence electrons. The minimum absolute atomic E-state index is 0.137. The zero-order chi connectivity index (χ0) is 12.5. The SMILES string of the molecule is COc1ccc(Br)cc1N(C)CC1(C#N)CC1. The molecule has 0 radical (unpaired) electrons. The van der Waals surface area contributed by atoms with Crippen LogP contribution in [0.1, 0.15) is 12.8 Å². The van der Waals surface area contributed by atoms with Crippen molar-refractivity contribution in [3.63, 3.8) is 0 Å². The average Bonchev–Trinajstić information content (AvgIpc) is 3.09.